The van der Waals surface area contributed by atoms with Gasteiger partial charge in [-0.1, -0.05) is 78.9 Å². The average molecular weight is 487 g/mol. The summed E-state index contributed by atoms with van der Waals surface area (Å²) in [5.41, 5.74) is 0.628. The third-order valence-corrected chi connectivity index (χ3v) is 7.45. The molecule has 1 unspecified atom stereocenters. The molecule has 1 aliphatic heterocycles. The third kappa shape index (κ3) is 4.76. The lowest BCUT2D eigenvalue weighted by Gasteiger charge is -2.17. The summed E-state index contributed by atoms with van der Waals surface area (Å²) >= 11 is 0. The quantitative estimate of drug-likeness (QED) is 0.307. The van der Waals surface area contributed by atoms with E-state index in [4.69, 9.17) is 14.2 Å². The van der Waals surface area contributed by atoms with Crippen LogP contribution in [0, 0.1) is 0 Å². The van der Waals surface area contributed by atoms with Crippen molar-refractivity contribution in [3.8, 4) is 11.5 Å². The molecule has 7 heteroatoms. The largest absolute Gasteiger partial charge is 0.489 e. The van der Waals surface area contributed by atoms with Crippen molar-refractivity contribution in [2.75, 3.05) is 0 Å². The fraction of sp³-hybridized carbons (Fsp3) is 0.107. The Kier molecular flexibility index (Phi) is 6.25. The van der Waals surface area contributed by atoms with Gasteiger partial charge in [-0.3, -0.25) is 0 Å². The lowest BCUT2D eigenvalue weighted by Crippen LogP contribution is -2.14. The van der Waals surface area contributed by atoms with Gasteiger partial charge < -0.3 is 14.2 Å². The second-order valence-electron chi connectivity index (χ2n) is 8.03. The molecule has 35 heavy (non-hydrogen) atoms. The Morgan fingerprint density at radius 2 is 1.26 bits per heavy atom. The summed E-state index contributed by atoms with van der Waals surface area (Å²) in [7, 11) is -4.02. The van der Waals surface area contributed by atoms with Crippen molar-refractivity contribution in [2.24, 2.45) is 0 Å². The first kappa shape index (κ1) is 22.7. The first-order valence-electron chi connectivity index (χ1n) is 11.0. The van der Waals surface area contributed by atoms with E-state index in [-0.39, 0.29) is 35.0 Å². The standard InChI is InChI=1S/C28H22O6S/c29-27-24-16-22(32-18-20-10-4-1-5-11-20)17-25(33-19-21-12-6-2-7-13-21)26(24)28(34-27)35(30,31)23-14-8-3-9-15-23/h1-17,28H,18-19H2. The van der Waals surface area contributed by atoms with Gasteiger partial charge in [0.05, 0.1) is 16.0 Å². The monoisotopic (exact) mass is 486 g/mol. The van der Waals surface area contributed by atoms with E-state index >= 15 is 0 Å². The van der Waals surface area contributed by atoms with Crippen LogP contribution >= 0.6 is 0 Å². The Morgan fingerprint density at radius 3 is 1.86 bits per heavy atom. The Balaban J connectivity index is 1.53. The molecule has 0 aliphatic carbocycles. The smallest absolute Gasteiger partial charge is 0.340 e. The van der Waals surface area contributed by atoms with Crippen LogP contribution in [0.4, 0.5) is 0 Å². The third-order valence-electron chi connectivity index (χ3n) is 5.62. The van der Waals surface area contributed by atoms with E-state index in [9.17, 15) is 13.2 Å². The maximum absolute atomic E-state index is 13.4. The molecule has 4 aromatic rings. The second kappa shape index (κ2) is 9.64. The minimum Gasteiger partial charge on any atom is -0.489 e. The highest BCUT2D eigenvalue weighted by Gasteiger charge is 2.44. The van der Waals surface area contributed by atoms with E-state index in [1.807, 2.05) is 60.7 Å². The maximum atomic E-state index is 13.4. The summed E-state index contributed by atoms with van der Waals surface area (Å²) in [6.45, 7) is 0.459. The molecule has 0 radical (unpaired) electrons. The number of fused-ring (bicyclic) bond motifs is 1. The first-order valence-corrected chi connectivity index (χ1v) is 12.6. The van der Waals surface area contributed by atoms with Gasteiger partial charge in [0.15, 0.2) is 0 Å². The number of hydrogen-bond donors (Lipinski definition) is 0. The number of cyclic esters (lactones) is 1. The molecule has 1 heterocycles. The Bertz CT molecular complexity index is 1440. The fourth-order valence-corrected chi connectivity index (χ4v) is 5.42. The van der Waals surface area contributed by atoms with Crippen molar-refractivity contribution >= 4 is 15.8 Å². The molecule has 0 aromatic heterocycles. The molecule has 1 atom stereocenters. The molecule has 0 bridgehead atoms. The number of sulfone groups is 1. The Labute approximate surface area is 203 Å². The highest BCUT2D eigenvalue weighted by Crippen LogP contribution is 2.45. The molecule has 0 spiro atoms. The fourth-order valence-electron chi connectivity index (χ4n) is 3.86. The van der Waals surface area contributed by atoms with Crippen LogP contribution in [0.2, 0.25) is 0 Å². The molecular formula is C28H22O6S. The van der Waals surface area contributed by atoms with Crippen molar-refractivity contribution < 1.29 is 27.4 Å². The van der Waals surface area contributed by atoms with Crippen LogP contribution in [-0.4, -0.2) is 14.4 Å². The summed E-state index contributed by atoms with van der Waals surface area (Å²) in [4.78, 5) is 12.9. The Morgan fingerprint density at radius 1 is 0.714 bits per heavy atom. The van der Waals surface area contributed by atoms with E-state index in [2.05, 4.69) is 0 Å². The van der Waals surface area contributed by atoms with Gasteiger partial charge in [0.25, 0.3) is 0 Å². The van der Waals surface area contributed by atoms with Crippen molar-refractivity contribution in [3.63, 3.8) is 0 Å². The minimum atomic E-state index is -4.02. The summed E-state index contributed by atoms with van der Waals surface area (Å²) in [6, 6.07) is 30.1. The van der Waals surface area contributed by atoms with Gasteiger partial charge >= 0.3 is 5.97 Å². The molecule has 6 nitrogen and oxygen atoms in total. The van der Waals surface area contributed by atoms with E-state index in [1.165, 1.54) is 18.2 Å². The number of carbonyl (C=O) groups excluding carboxylic acids is 1. The normalized spacial score (nSPS) is 14.7. The minimum absolute atomic E-state index is 0.0593. The summed E-state index contributed by atoms with van der Waals surface area (Å²) in [5.74, 6) is -0.130. The van der Waals surface area contributed by atoms with Crippen LogP contribution in [-0.2, 0) is 27.8 Å². The number of benzene rings is 4. The molecule has 0 saturated carbocycles. The lowest BCUT2D eigenvalue weighted by molar-refractivity contribution is 0.0506. The topological polar surface area (TPSA) is 78.9 Å². The highest BCUT2D eigenvalue weighted by atomic mass is 32.2. The van der Waals surface area contributed by atoms with Crippen molar-refractivity contribution in [2.45, 2.75) is 23.5 Å². The zero-order chi connectivity index (χ0) is 24.3. The number of ether oxygens (including phenoxy) is 3. The predicted molar refractivity (Wildman–Crippen MR) is 130 cm³/mol. The predicted octanol–water partition coefficient (Wildman–Crippen LogP) is 5.49. The number of rotatable bonds is 8. The lowest BCUT2D eigenvalue weighted by atomic mass is 10.1. The highest BCUT2D eigenvalue weighted by molar-refractivity contribution is 7.91. The summed E-state index contributed by atoms with van der Waals surface area (Å²) in [5, 5.41) is 0. The van der Waals surface area contributed by atoms with Gasteiger partial charge in [-0.25, -0.2) is 13.2 Å². The number of carbonyl (C=O) groups is 1. The number of esters is 1. The van der Waals surface area contributed by atoms with Crippen molar-refractivity contribution in [1.29, 1.82) is 0 Å². The van der Waals surface area contributed by atoms with E-state index < -0.39 is 21.2 Å². The van der Waals surface area contributed by atoms with E-state index in [0.29, 0.717) is 5.75 Å². The van der Waals surface area contributed by atoms with Gasteiger partial charge in [-0.05, 0) is 29.3 Å². The summed E-state index contributed by atoms with van der Waals surface area (Å²) < 4.78 is 44.2. The van der Waals surface area contributed by atoms with Crippen LogP contribution in [0.1, 0.15) is 32.5 Å². The van der Waals surface area contributed by atoms with Crippen LogP contribution in [0.25, 0.3) is 0 Å². The Hall–Kier alpha value is -4.10. The average Bonchev–Trinajstić information content (AvgIpc) is 3.25. The van der Waals surface area contributed by atoms with Gasteiger partial charge in [-0.2, -0.15) is 0 Å². The molecule has 5 rings (SSSR count). The molecular weight excluding hydrogens is 464 g/mol. The summed E-state index contributed by atoms with van der Waals surface area (Å²) in [6.07, 6.45) is 0. The van der Waals surface area contributed by atoms with Gasteiger partial charge in [0.1, 0.15) is 24.7 Å². The molecule has 0 fully saturated rings. The van der Waals surface area contributed by atoms with Crippen LogP contribution in [0.5, 0.6) is 11.5 Å². The molecule has 176 valence electrons. The van der Waals surface area contributed by atoms with Gasteiger partial charge in [0, 0.05) is 6.07 Å². The van der Waals surface area contributed by atoms with Crippen molar-refractivity contribution in [1.82, 2.24) is 0 Å². The van der Waals surface area contributed by atoms with Gasteiger partial charge in [-0.15, -0.1) is 0 Å². The molecule has 0 saturated heterocycles. The van der Waals surface area contributed by atoms with Crippen LogP contribution < -0.4 is 9.47 Å². The second-order valence-corrected chi connectivity index (χ2v) is 10.0. The van der Waals surface area contributed by atoms with Crippen LogP contribution in [0.3, 0.4) is 0 Å². The molecule has 0 amide bonds. The van der Waals surface area contributed by atoms with Crippen LogP contribution in [0.15, 0.2) is 108 Å². The first-order chi connectivity index (χ1) is 17.0. The SMILES string of the molecule is O=C1OC(S(=O)(=O)c2ccccc2)c2c(OCc3ccccc3)cc(OCc3ccccc3)cc21. The number of hydrogen-bond acceptors (Lipinski definition) is 6. The van der Waals surface area contributed by atoms with Crippen molar-refractivity contribution in [3.05, 3.63) is 125 Å². The zero-order valence-electron chi connectivity index (χ0n) is 18.7. The molecule has 0 N–H and O–H groups in total. The van der Waals surface area contributed by atoms with Gasteiger partial charge in [0.2, 0.25) is 15.3 Å². The maximum Gasteiger partial charge on any atom is 0.340 e. The van der Waals surface area contributed by atoms with E-state index in [0.717, 1.165) is 11.1 Å². The van der Waals surface area contributed by atoms with E-state index in [1.54, 1.807) is 24.3 Å². The zero-order valence-corrected chi connectivity index (χ0v) is 19.5. The molecule has 4 aromatic carbocycles. The molecule has 1 aliphatic rings.